The standard InChI is InChI=1S/C28H32N2O3/c1-19-27(20(2)33-29-19)17-28(31)30(24-11-5-6-12-24)18-21-8-7-13-25(14-21)32-26-15-22-9-3-4-10-23(22)16-26/h3-4,7-10,13-14,24,26H,5-6,11-12,15-18H2,1-2H3. The lowest BCUT2D eigenvalue weighted by Crippen LogP contribution is -2.39. The normalized spacial score (nSPS) is 16.2. The third kappa shape index (κ3) is 4.82. The predicted octanol–water partition coefficient (Wildman–Crippen LogP) is 5.35. The van der Waals surface area contributed by atoms with Crippen molar-refractivity contribution in [2.75, 3.05) is 0 Å². The minimum Gasteiger partial charge on any atom is -0.490 e. The Morgan fingerprint density at radius 3 is 2.45 bits per heavy atom. The molecule has 0 radical (unpaired) electrons. The van der Waals surface area contributed by atoms with Gasteiger partial charge in [0.25, 0.3) is 0 Å². The fourth-order valence-electron chi connectivity index (χ4n) is 5.35. The summed E-state index contributed by atoms with van der Waals surface area (Å²) in [5.74, 6) is 1.77. The first-order chi connectivity index (χ1) is 16.1. The predicted molar refractivity (Wildman–Crippen MR) is 127 cm³/mol. The van der Waals surface area contributed by atoms with Crippen molar-refractivity contribution in [2.45, 2.75) is 77.5 Å². The zero-order valence-corrected chi connectivity index (χ0v) is 19.5. The van der Waals surface area contributed by atoms with Crippen molar-refractivity contribution in [1.82, 2.24) is 10.1 Å². The Morgan fingerprint density at radius 1 is 1.06 bits per heavy atom. The molecule has 5 heteroatoms. The second-order valence-corrected chi connectivity index (χ2v) is 9.50. The van der Waals surface area contributed by atoms with Gasteiger partial charge in [-0.15, -0.1) is 0 Å². The van der Waals surface area contributed by atoms with Gasteiger partial charge in [0.2, 0.25) is 5.91 Å². The first-order valence-electron chi connectivity index (χ1n) is 12.1. The molecule has 3 aromatic rings. The van der Waals surface area contributed by atoms with Gasteiger partial charge in [0.15, 0.2) is 0 Å². The average molecular weight is 445 g/mol. The fourth-order valence-corrected chi connectivity index (χ4v) is 5.35. The summed E-state index contributed by atoms with van der Waals surface area (Å²) in [5.41, 5.74) is 5.61. The van der Waals surface area contributed by atoms with Crippen molar-refractivity contribution in [1.29, 1.82) is 0 Å². The van der Waals surface area contributed by atoms with Crippen LogP contribution >= 0.6 is 0 Å². The number of carbonyl (C=O) groups excluding carboxylic acids is 1. The summed E-state index contributed by atoms with van der Waals surface area (Å²) in [5, 5.41) is 4.02. The highest BCUT2D eigenvalue weighted by molar-refractivity contribution is 5.79. The lowest BCUT2D eigenvalue weighted by molar-refractivity contribution is -0.133. The Morgan fingerprint density at radius 2 is 1.79 bits per heavy atom. The van der Waals surface area contributed by atoms with Crippen LogP contribution < -0.4 is 4.74 Å². The van der Waals surface area contributed by atoms with Crippen LogP contribution in [0.5, 0.6) is 5.75 Å². The van der Waals surface area contributed by atoms with Gasteiger partial charge < -0.3 is 14.2 Å². The van der Waals surface area contributed by atoms with Crippen molar-refractivity contribution in [3.8, 4) is 5.75 Å². The summed E-state index contributed by atoms with van der Waals surface area (Å²) in [6, 6.07) is 17.1. The summed E-state index contributed by atoms with van der Waals surface area (Å²) in [4.78, 5) is 15.5. The summed E-state index contributed by atoms with van der Waals surface area (Å²) < 4.78 is 11.6. The van der Waals surface area contributed by atoms with Crippen LogP contribution in [-0.4, -0.2) is 28.1 Å². The number of nitrogens with zero attached hydrogens (tertiary/aromatic N) is 2. The molecule has 0 atom stereocenters. The van der Waals surface area contributed by atoms with E-state index in [1.807, 2.05) is 26.0 Å². The molecule has 0 saturated heterocycles. The van der Waals surface area contributed by atoms with Crippen LogP contribution in [0.4, 0.5) is 0 Å². The van der Waals surface area contributed by atoms with Gasteiger partial charge in [-0.1, -0.05) is 54.4 Å². The number of hydrogen-bond donors (Lipinski definition) is 0. The van der Waals surface area contributed by atoms with Gasteiger partial charge in [0.05, 0.1) is 12.1 Å². The van der Waals surface area contributed by atoms with Crippen LogP contribution in [0.3, 0.4) is 0 Å². The number of aromatic nitrogens is 1. The highest BCUT2D eigenvalue weighted by atomic mass is 16.5. The molecule has 2 aromatic carbocycles. The second kappa shape index (κ2) is 9.42. The molecule has 0 unspecified atom stereocenters. The Labute approximate surface area is 195 Å². The molecular weight excluding hydrogens is 412 g/mol. The Bertz CT molecular complexity index is 1090. The van der Waals surface area contributed by atoms with Crippen LogP contribution in [-0.2, 0) is 30.6 Å². The van der Waals surface area contributed by atoms with E-state index in [0.717, 1.165) is 54.0 Å². The largest absolute Gasteiger partial charge is 0.490 e. The lowest BCUT2D eigenvalue weighted by Gasteiger charge is -2.29. The van der Waals surface area contributed by atoms with Crippen LogP contribution in [0.25, 0.3) is 0 Å². The van der Waals surface area contributed by atoms with E-state index < -0.39 is 0 Å². The van der Waals surface area contributed by atoms with Crippen molar-refractivity contribution in [3.63, 3.8) is 0 Å². The van der Waals surface area contributed by atoms with E-state index >= 15 is 0 Å². The maximum Gasteiger partial charge on any atom is 0.227 e. The van der Waals surface area contributed by atoms with Gasteiger partial charge >= 0.3 is 0 Å². The number of benzene rings is 2. The first-order valence-corrected chi connectivity index (χ1v) is 12.1. The van der Waals surface area contributed by atoms with Crippen LogP contribution in [0.2, 0.25) is 0 Å². The molecule has 33 heavy (non-hydrogen) atoms. The minimum atomic E-state index is 0.147. The highest BCUT2D eigenvalue weighted by Gasteiger charge is 2.28. The number of aryl methyl sites for hydroxylation is 2. The number of carbonyl (C=O) groups is 1. The smallest absolute Gasteiger partial charge is 0.227 e. The quantitative estimate of drug-likeness (QED) is 0.493. The number of rotatable bonds is 7. The Balaban J connectivity index is 1.29. The van der Waals surface area contributed by atoms with Gasteiger partial charge in [-0.25, -0.2) is 0 Å². The maximum atomic E-state index is 13.4. The fraction of sp³-hybridized carbons (Fsp3) is 0.429. The summed E-state index contributed by atoms with van der Waals surface area (Å²) in [6.07, 6.45) is 6.93. The molecule has 0 N–H and O–H groups in total. The van der Waals surface area contributed by atoms with E-state index in [9.17, 15) is 4.79 Å². The monoisotopic (exact) mass is 444 g/mol. The summed E-state index contributed by atoms with van der Waals surface area (Å²) >= 11 is 0. The third-order valence-corrected chi connectivity index (χ3v) is 7.16. The minimum absolute atomic E-state index is 0.147. The molecule has 2 aliphatic rings. The lowest BCUT2D eigenvalue weighted by atomic mass is 10.1. The molecule has 5 nitrogen and oxygen atoms in total. The molecule has 0 bridgehead atoms. The van der Waals surface area contributed by atoms with Crippen molar-refractivity contribution < 1.29 is 14.1 Å². The van der Waals surface area contributed by atoms with Gasteiger partial charge in [-0.3, -0.25) is 4.79 Å². The Kier molecular flexibility index (Phi) is 6.21. The molecular formula is C28H32N2O3. The third-order valence-electron chi connectivity index (χ3n) is 7.16. The molecule has 1 heterocycles. The molecule has 5 rings (SSSR count). The topological polar surface area (TPSA) is 55.6 Å². The first kappa shape index (κ1) is 21.7. The van der Waals surface area contributed by atoms with E-state index in [1.54, 1.807) is 0 Å². The van der Waals surface area contributed by atoms with E-state index in [4.69, 9.17) is 9.26 Å². The zero-order valence-electron chi connectivity index (χ0n) is 19.5. The van der Waals surface area contributed by atoms with E-state index in [1.165, 1.54) is 24.0 Å². The molecule has 1 aromatic heterocycles. The van der Waals surface area contributed by atoms with E-state index in [-0.39, 0.29) is 12.0 Å². The summed E-state index contributed by atoms with van der Waals surface area (Å²) in [6.45, 7) is 4.39. The van der Waals surface area contributed by atoms with Gasteiger partial charge in [0.1, 0.15) is 17.6 Å². The van der Waals surface area contributed by atoms with Crippen LogP contribution in [0.15, 0.2) is 53.1 Å². The van der Waals surface area contributed by atoms with Crippen LogP contribution in [0, 0.1) is 13.8 Å². The molecule has 1 fully saturated rings. The second-order valence-electron chi connectivity index (χ2n) is 9.50. The molecule has 0 spiro atoms. The zero-order chi connectivity index (χ0) is 22.8. The molecule has 1 saturated carbocycles. The van der Waals surface area contributed by atoms with E-state index in [2.05, 4.69) is 46.5 Å². The molecule has 2 aliphatic carbocycles. The van der Waals surface area contributed by atoms with Crippen LogP contribution in [0.1, 0.15) is 59.4 Å². The average Bonchev–Trinajstić information content (AvgIpc) is 3.55. The van der Waals surface area contributed by atoms with Gasteiger partial charge in [0, 0.05) is 31.0 Å². The van der Waals surface area contributed by atoms with E-state index in [0.29, 0.717) is 19.0 Å². The van der Waals surface area contributed by atoms with Gasteiger partial charge in [-0.05, 0) is 55.5 Å². The number of fused-ring (bicyclic) bond motifs is 1. The van der Waals surface area contributed by atoms with Crippen molar-refractivity contribution in [3.05, 3.63) is 82.2 Å². The van der Waals surface area contributed by atoms with Gasteiger partial charge in [-0.2, -0.15) is 0 Å². The number of hydrogen-bond acceptors (Lipinski definition) is 4. The maximum absolute atomic E-state index is 13.4. The molecule has 0 aliphatic heterocycles. The number of ether oxygens (including phenoxy) is 1. The Hall–Kier alpha value is -3.08. The highest BCUT2D eigenvalue weighted by Crippen LogP contribution is 2.29. The SMILES string of the molecule is Cc1noc(C)c1CC(=O)N(Cc1cccc(OC2Cc3ccccc3C2)c1)C1CCCC1. The van der Waals surface area contributed by atoms with Crippen molar-refractivity contribution in [2.24, 2.45) is 0 Å². The van der Waals surface area contributed by atoms with Crippen molar-refractivity contribution >= 4 is 5.91 Å². The molecule has 172 valence electrons. The molecule has 1 amide bonds. The summed E-state index contributed by atoms with van der Waals surface area (Å²) in [7, 11) is 0. The number of amides is 1.